The van der Waals surface area contributed by atoms with Gasteiger partial charge in [-0.05, 0) is 56.3 Å². The van der Waals surface area contributed by atoms with Crippen molar-refractivity contribution in [2.75, 3.05) is 0 Å². The highest BCUT2D eigenvalue weighted by atomic mass is 16.4. The van der Waals surface area contributed by atoms with Crippen molar-refractivity contribution in [1.82, 2.24) is 0 Å². The first-order valence-electron chi connectivity index (χ1n) is 6.33. The number of carboxylic acids is 1. The van der Waals surface area contributed by atoms with Gasteiger partial charge in [0, 0.05) is 0 Å². The molecule has 3 unspecified atom stereocenters. The molecule has 4 aliphatic carbocycles. The Morgan fingerprint density at radius 2 is 1.94 bits per heavy atom. The van der Waals surface area contributed by atoms with E-state index in [0.717, 1.165) is 18.8 Å². The number of hydrogen-bond acceptors (Lipinski definition) is 2. The fourth-order valence-corrected chi connectivity index (χ4v) is 4.87. The molecule has 3 nitrogen and oxygen atoms in total. The molecule has 16 heavy (non-hydrogen) atoms. The lowest BCUT2D eigenvalue weighted by atomic mass is 9.42. The zero-order valence-electron chi connectivity index (χ0n) is 9.70. The second-order valence-corrected chi connectivity index (χ2v) is 5.98. The summed E-state index contributed by atoms with van der Waals surface area (Å²) in [5.41, 5.74) is -1.88. The lowest BCUT2D eigenvalue weighted by Gasteiger charge is -2.63. The zero-order chi connectivity index (χ0) is 11.6. The van der Waals surface area contributed by atoms with E-state index < -0.39 is 17.0 Å². The number of carboxylic acid groups (broad SMARTS) is 1. The fourth-order valence-electron chi connectivity index (χ4n) is 4.87. The van der Waals surface area contributed by atoms with Gasteiger partial charge in [0.05, 0.1) is 5.60 Å². The Kier molecular flexibility index (Phi) is 1.99. The van der Waals surface area contributed by atoms with Crippen molar-refractivity contribution in [3.05, 3.63) is 5.92 Å². The second-order valence-electron chi connectivity index (χ2n) is 5.98. The molecule has 0 aromatic rings. The topological polar surface area (TPSA) is 57.5 Å². The van der Waals surface area contributed by atoms with Gasteiger partial charge in [-0.2, -0.15) is 0 Å². The van der Waals surface area contributed by atoms with Gasteiger partial charge in [0.25, 0.3) is 0 Å². The van der Waals surface area contributed by atoms with E-state index in [0.29, 0.717) is 31.1 Å². The van der Waals surface area contributed by atoms with Crippen LogP contribution in [0.2, 0.25) is 0 Å². The highest BCUT2D eigenvalue weighted by Gasteiger charge is 2.68. The molecule has 0 aromatic heterocycles. The number of hydrogen-bond donors (Lipinski definition) is 2. The molecule has 4 aliphatic rings. The molecule has 0 aromatic carbocycles. The Bertz CT molecular complexity index is 324. The molecule has 2 N–H and O–H groups in total. The highest BCUT2D eigenvalue weighted by Crippen LogP contribution is 2.66. The van der Waals surface area contributed by atoms with Gasteiger partial charge in [-0.25, -0.2) is 0 Å². The largest absolute Gasteiger partial charge is 0.481 e. The van der Waals surface area contributed by atoms with Crippen LogP contribution < -0.4 is 0 Å². The maximum absolute atomic E-state index is 11.7. The van der Waals surface area contributed by atoms with E-state index in [-0.39, 0.29) is 0 Å². The van der Waals surface area contributed by atoms with Crippen molar-refractivity contribution < 1.29 is 15.0 Å². The van der Waals surface area contributed by atoms with Gasteiger partial charge in [-0.3, -0.25) is 4.79 Å². The van der Waals surface area contributed by atoms with Crippen molar-refractivity contribution >= 4 is 5.97 Å². The Labute approximate surface area is 95.9 Å². The fraction of sp³-hybridized carbons (Fsp3) is 0.846. The lowest BCUT2D eigenvalue weighted by molar-refractivity contribution is -0.202. The number of aliphatic carboxylic acids is 1. The summed E-state index contributed by atoms with van der Waals surface area (Å²) < 4.78 is 0. The summed E-state index contributed by atoms with van der Waals surface area (Å²) in [7, 11) is 0. The summed E-state index contributed by atoms with van der Waals surface area (Å²) in [4.78, 5) is 11.7. The molecule has 0 saturated heterocycles. The highest BCUT2D eigenvalue weighted by molar-refractivity contribution is 5.80. The quantitative estimate of drug-likeness (QED) is 0.752. The SMILES string of the molecule is CCC1(C(=O)O)[C]2CC3CC(C2)CC1(O)C3. The minimum absolute atomic E-state index is 0.535. The third-order valence-electron chi connectivity index (χ3n) is 5.28. The third kappa shape index (κ3) is 1.01. The van der Waals surface area contributed by atoms with E-state index in [1.165, 1.54) is 6.42 Å². The second kappa shape index (κ2) is 3.00. The monoisotopic (exact) mass is 223 g/mol. The van der Waals surface area contributed by atoms with Crippen molar-refractivity contribution in [2.45, 2.75) is 51.0 Å². The Balaban J connectivity index is 2.08. The van der Waals surface area contributed by atoms with Gasteiger partial charge >= 0.3 is 5.97 Å². The summed E-state index contributed by atoms with van der Waals surface area (Å²) in [5.74, 6) is 1.42. The van der Waals surface area contributed by atoms with E-state index in [2.05, 4.69) is 0 Å². The van der Waals surface area contributed by atoms with E-state index in [1.807, 2.05) is 6.92 Å². The minimum Gasteiger partial charge on any atom is -0.481 e. The van der Waals surface area contributed by atoms with E-state index in [4.69, 9.17) is 0 Å². The molecule has 3 atom stereocenters. The summed E-state index contributed by atoms with van der Waals surface area (Å²) in [6.07, 6.45) is 5.02. The molecule has 4 fully saturated rings. The molecule has 0 spiro atoms. The molecule has 1 radical (unpaired) electrons. The van der Waals surface area contributed by atoms with Gasteiger partial charge in [0.15, 0.2) is 0 Å². The molecule has 89 valence electrons. The number of carbonyl (C=O) groups is 1. The first-order valence-corrected chi connectivity index (χ1v) is 6.33. The normalized spacial score (nSPS) is 50.9. The lowest BCUT2D eigenvalue weighted by Crippen LogP contribution is -2.66. The Morgan fingerprint density at radius 3 is 2.31 bits per heavy atom. The van der Waals surface area contributed by atoms with Crippen molar-refractivity contribution in [1.29, 1.82) is 0 Å². The summed E-state index contributed by atoms with van der Waals surface area (Å²) in [5, 5.41) is 20.4. The molecular weight excluding hydrogens is 204 g/mol. The van der Waals surface area contributed by atoms with Gasteiger partial charge in [0.1, 0.15) is 5.41 Å². The van der Waals surface area contributed by atoms with E-state index >= 15 is 0 Å². The van der Waals surface area contributed by atoms with Crippen LogP contribution in [0.4, 0.5) is 0 Å². The Hall–Kier alpha value is -0.570. The maximum atomic E-state index is 11.7. The predicted molar refractivity (Wildman–Crippen MR) is 58.6 cm³/mol. The van der Waals surface area contributed by atoms with Gasteiger partial charge in [-0.15, -0.1) is 0 Å². The summed E-state index contributed by atoms with van der Waals surface area (Å²) in [6, 6.07) is 0. The molecule has 0 heterocycles. The summed E-state index contributed by atoms with van der Waals surface area (Å²) >= 11 is 0. The van der Waals surface area contributed by atoms with Crippen LogP contribution in [0, 0.1) is 23.2 Å². The Morgan fingerprint density at radius 1 is 1.38 bits per heavy atom. The molecule has 0 amide bonds. The number of aliphatic hydroxyl groups is 1. The molecule has 4 rings (SSSR count). The molecule has 4 saturated carbocycles. The minimum atomic E-state index is -0.951. The zero-order valence-corrected chi connectivity index (χ0v) is 9.70. The third-order valence-corrected chi connectivity index (χ3v) is 5.28. The number of rotatable bonds is 2. The molecule has 4 bridgehead atoms. The van der Waals surface area contributed by atoms with Crippen LogP contribution in [0.5, 0.6) is 0 Å². The van der Waals surface area contributed by atoms with Crippen LogP contribution in [0.3, 0.4) is 0 Å². The average Bonchev–Trinajstić information content (AvgIpc) is 2.14. The van der Waals surface area contributed by atoms with Gasteiger partial charge in [0.2, 0.25) is 0 Å². The standard InChI is InChI=1S/C13H19O3/c1-2-13(11(14)15)10-4-8-3-9(5-10)7-12(13,16)6-8/h8-9,16H,2-7H2,1H3,(H,14,15). The smallest absolute Gasteiger partial charge is 0.313 e. The molecule has 0 aliphatic heterocycles. The maximum Gasteiger partial charge on any atom is 0.313 e. The van der Waals surface area contributed by atoms with Crippen LogP contribution in [0.15, 0.2) is 0 Å². The van der Waals surface area contributed by atoms with Crippen molar-refractivity contribution in [2.24, 2.45) is 17.3 Å². The summed E-state index contributed by atoms with van der Waals surface area (Å²) in [6.45, 7) is 1.90. The first-order chi connectivity index (χ1) is 7.52. The van der Waals surface area contributed by atoms with Crippen molar-refractivity contribution in [3.63, 3.8) is 0 Å². The van der Waals surface area contributed by atoms with Crippen LogP contribution in [-0.2, 0) is 4.79 Å². The average molecular weight is 223 g/mol. The van der Waals surface area contributed by atoms with Crippen LogP contribution in [0.1, 0.15) is 45.4 Å². The van der Waals surface area contributed by atoms with Crippen LogP contribution in [-0.4, -0.2) is 21.8 Å². The predicted octanol–water partition coefficient (Wildman–Crippen LogP) is 2.00. The van der Waals surface area contributed by atoms with Crippen LogP contribution >= 0.6 is 0 Å². The first kappa shape index (κ1) is 10.6. The van der Waals surface area contributed by atoms with Crippen molar-refractivity contribution in [3.8, 4) is 0 Å². The van der Waals surface area contributed by atoms with Gasteiger partial charge < -0.3 is 10.2 Å². The molecular formula is C13H19O3. The van der Waals surface area contributed by atoms with E-state index in [9.17, 15) is 15.0 Å². The molecule has 3 heteroatoms. The van der Waals surface area contributed by atoms with Gasteiger partial charge in [-0.1, -0.05) is 6.92 Å². The van der Waals surface area contributed by atoms with Crippen LogP contribution in [0.25, 0.3) is 0 Å². The van der Waals surface area contributed by atoms with E-state index in [1.54, 1.807) is 0 Å².